The molecule has 0 aliphatic heterocycles. The maximum atomic E-state index is 8.95. The maximum Gasteiger partial charge on any atom is 0.193 e. The quantitative estimate of drug-likeness (QED) is 0.534. The van der Waals surface area contributed by atoms with Crippen molar-refractivity contribution in [2.75, 3.05) is 18.5 Å². The van der Waals surface area contributed by atoms with Crippen LogP contribution in [0.25, 0.3) is 0 Å². The topological polar surface area (TPSA) is 70.6 Å². The lowest BCUT2D eigenvalue weighted by atomic mass is 10.0. The lowest BCUT2D eigenvalue weighted by Gasteiger charge is -2.11. The molecule has 0 unspecified atom stereocenters. The molecule has 1 saturated carbocycles. The number of hydrogen-bond donors (Lipinski definition) is 3. The van der Waals surface area contributed by atoms with Gasteiger partial charge < -0.3 is 16.2 Å². The van der Waals surface area contributed by atoms with Gasteiger partial charge in [0.15, 0.2) is 5.96 Å². The van der Waals surface area contributed by atoms with Gasteiger partial charge in [0.1, 0.15) is 0 Å². The molecule has 0 saturated heterocycles. The molecule has 0 spiro atoms. The van der Waals surface area contributed by atoms with Crippen LogP contribution in [0.1, 0.15) is 19.3 Å². The third-order valence-electron chi connectivity index (χ3n) is 3.23. The maximum absolute atomic E-state index is 8.95. The van der Waals surface area contributed by atoms with Gasteiger partial charge in [0, 0.05) is 18.8 Å². The van der Waals surface area contributed by atoms with Gasteiger partial charge in [-0.3, -0.25) is 4.99 Å². The van der Waals surface area contributed by atoms with Crippen molar-refractivity contribution < 1.29 is 5.11 Å². The summed E-state index contributed by atoms with van der Waals surface area (Å²) in [6.07, 6.45) is 3.13. The van der Waals surface area contributed by atoms with Crippen molar-refractivity contribution in [3.05, 3.63) is 30.3 Å². The SMILES string of the molecule is NC(=NCC1(CCO)CC1)Nc1ccccc1. The van der Waals surface area contributed by atoms with Crippen LogP contribution >= 0.6 is 0 Å². The fraction of sp³-hybridized carbons (Fsp3) is 0.462. The molecule has 4 nitrogen and oxygen atoms in total. The molecule has 4 N–H and O–H groups in total. The summed E-state index contributed by atoms with van der Waals surface area (Å²) in [5, 5.41) is 12.0. The van der Waals surface area contributed by atoms with E-state index in [9.17, 15) is 0 Å². The number of hydrogen-bond acceptors (Lipinski definition) is 2. The highest BCUT2D eigenvalue weighted by molar-refractivity contribution is 5.92. The van der Waals surface area contributed by atoms with Gasteiger partial charge in [0.25, 0.3) is 0 Å². The fourth-order valence-electron chi connectivity index (χ4n) is 1.86. The summed E-state index contributed by atoms with van der Waals surface area (Å²) in [7, 11) is 0. The number of aliphatic imine (C=N–C) groups is 1. The van der Waals surface area contributed by atoms with Gasteiger partial charge >= 0.3 is 0 Å². The van der Waals surface area contributed by atoms with E-state index in [1.54, 1.807) is 0 Å². The Bertz CT molecular complexity index is 385. The Balaban J connectivity index is 1.86. The molecule has 1 aliphatic rings. The summed E-state index contributed by atoms with van der Waals surface area (Å²) in [6.45, 7) is 0.945. The largest absolute Gasteiger partial charge is 0.396 e. The van der Waals surface area contributed by atoms with Crippen LogP contribution in [0.4, 0.5) is 5.69 Å². The van der Waals surface area contributed by atoms with Crippen LogP contribution in [0.5, 0.6) is 0 Å². The van der Waals surface area contributed by atoms with Crippen molar-refractivity contribution in [1.29, 1.82) is 0 Å². The van der Waals surface area contributed by atoms with Crippen LogP contribution < -0.4 is 11.1 Å². The van der Waals surface area contributed by atoms with Crippen LogP contribution in [0.15, 0.2) is 35.3 Å². The Hall–Kier alpha value is -1.55. The van der Waals surface area contributed by atoms with E-state index in [-0.39, 0.29) is 12.0 Å². The third-order valence-corrected chi connectivity index (χ3v) is 3.23. The summed E-state index contributed by atoms with van der Waals surface area (Å²) in [4.78, 5) is 4.34. The summed E-state index contributed by atoms with van der Waals surface area (Å²) in [5.41, 5.74) is 6.98. The second-order valence-electron chi connectivity index (χ2n) is 4.67. The lowest BCUT2D eigenvalue weighted by molar-refractivity contribution is 0.251. The second-order valence-corrected chi connectivity index (χ2v) is 4.67. The van der Waals surface area contributed by atoms with Crippen LogP contribution in [-0.4, -0.2) is 24.2 Å². The number of guanidine groups is 1. The van der Waals surface area contributed by atoms with Crippen molar-refractivity contribution in [1.82, 2.24) is 0 Å². The Morgan fingerprint density at radius 1 is 1.35 bits per heavy atom. The first-order chi connectivity index (χ1) is 8.24. The van der Waals surface area contributed by atoms with E-state index >= 15 is 0 Å². The highest BCUT2D eigenvalue weighted by atomic mass is 16.3. The van der Waals surface area contributed by atoms with E-state index in [0.717, 1.165) is 24.9 Å². The van der Waals surface area contributed by atoms with Gasteiger partial charge in [-0.05, 0) is 36.8 Å². The number of benzene rings is 1. The zero-order valence-corrected chi connectivity index (χ0v) is 9.89. The Morgan fingerprint density at radius 3 is 2.65 bits per heavy atom. The van der Waals surface area contributed by atoms with Gasteiger partial charge in [-0.15, -0.1) is 0 Å². The number of aliphatic hydroxyl groups is 1. The highest BCUT2D eigenvalue weighted by Crippen LogP contribution is 2.48. The van der Waals surface area contributed by atoms with E-state index in [2.05, 4.69) is 10.3 Å². The molecule has 0 atom stereocenters. The molecule has 4 heteroatoms. The monoisotopic (exact) mass is 233 g/mol. The van der Waals surface area contributed by atoms with Gasteiger partial charge in [0.2, 0.25) is 0 Å². The molecule has 0 amide bonds. The summed E-state index contributed by atoms with van der Waals surface area (Å²) in [6, 6.07) is 9.75. The normalized spacial score (nSPS) is 17.8. The molecule has 0 aromatic heterocycles. The van der Waals surface area contributed by atoms with Crippen LogP contribution in [0.3, 0.4) is 0 Å². The fourth-order valence-corrected chi connectivity index (χ4v) is 1.86. The molecule has 0 heterocycles. The van der Waals surface area contributed by atoms with Crippen LogP contribution in [0, 0.1) is 5.41 Å². The third kappa shape index (κ3) is 3.46. The van der Waals surface area contributed by atoms with E-state index in [1.807, 2.05) is 30.3 Å². The number of nitrogens with two attached hydrogens (primary N) is 1. The van der Waals surface area contributed by atoms with Gasteiger partial charge in [-0.1, -0.05) is 18.2 Å². The van der Waals surface area contributed by atoms with Gasteiger partial charge in [-0.25, -0.2) is 0 Å². The minimum Gasteiger partial charge on any atom is -0.396 e. The molecule has 1 fully saturated rings. The number of para-hydroxylation sites is 1. The first-order valence-electron chi connectivity index (χ1n) is 5.97. The lowest BCUT2D eigenvalue weighted by Crippen LogP contribution is -2.24. The molecule has 1 aromatic rings. The number of nitrogens with one attached hydrogen (secondary N) is 1. The minimum absolute atomic E-state index is 0.220. The van der Waals surface area contributed by atoms with Gasteiger partial charge in [0.05, 0.1) is 0 Å². The van der Waals surface area contributed by atoms with Crippen molar-refractivity contribution in [2.24, 2.45) is 16.1 Å². The molecular weight excluding hydrogens is 214 g/mol. The molecule has 92 valence electrons. The number of rotatable bonds is 5. The average molecular weight is 233 g/mol. The first-order valence-corrected chi connectivity index (χ1v) is 5.97. The smallest absolute Gasteiger partial charge is 0.193 e. The van der Waals surface area contributed by atoms with Gasteiger partial charge in [-0.2, -0.15) is 0 Å². The number of anilines is 1. The van der Waals surface area contributed by atoms with E-state index < -0.39 is 0 Å². The van der Waals surface area contributed by atoms with Crippen molar-refractivity contribution >= 4 is 11.6 Å². The van der Waals surface area contributed by atoms with Crippen molar-refractivity contribution in [3.63, 3.8) is 0 Å². The van der Waals surface area contributed by atoms with E-state index in [4.69, 9.17) is 10.8 Å². The minimum atomic E-state index is 0.220. The standard InChI is InChI=1S/C13H19N3O/c14-12(16-11-4-2-1-3-5-11)15-10-13(6-7-13)8-9-17/h1-5,17H,6-10H2,(H3,14,15,16). The molecular formula is C13H19N3O. The molecule has 2 rings (SSSR count). The highest BCUT2D eigenvalue weighted by Gasteiger charge is 2.41. The zero-order valence-electron chi connectivity index (χ0n) is 9.89. The van der Waals surface area contributed by atoms with Crippen LogP contribution in [-0.2, 0) is 0 Å². The van der Waals surface area contributed by atoms with Crippen molar-refractivity contribution in [2.45, 2.75) is 19.3 Å². The molecule has 0 radical (unpaired) electrons. The zero-order chi connectivity index (χ0) is 12.1. The van der Waals surface area contributed by atoms with E-state index in [0.29, 0.717) is 12.5 Å². The molecule has 17 heavy (non-hydrogen) atoms. The Kier molecular flexibility index (Phi) is 3.64. The van der Waals surface area contributed by atoms with Crippen molar-refractivity contribution in [3.8, 4) is 0 Å². The number of aliphatic hydroxyl groups excluding tert-OH is 1. The first kappa shape index (κ1) is 11.9. The average Bonchev–Trinajstić information content (AvgIpc) is 3.09. The van der Waals surface area contributed by atoms with E-state index in [1.165, 1.54) is 0 Å². The summed E-state index contributed by atoms with van der Waals surface area (Å²) < 4.78 is 0. The molecule has 1 aliphatic carbocycles. The number of nitrogens with zero attached hydrogens (tertiary/aromatic N) is 1. The molecule has 1 aromatic carbocycles. The second kappa shape index (κ2) is 5.19. The summed E-state index contributed by atoms with van der Waals surface area (Å²) in [5.74, 6) is 0.445. The summed E-state index contributed by atoms with van der Waals surface area (Å²) >= 11 is 0. The predicted molar refractivity (Wildman–Crippen MR) is 69.9 cm³/mol. The molecule has 0 bridgehead atoms. The predicted octanol–water partition coefficient (Wildman–Crippen LogP) is 1.58. The Morgan fingerprint density at radius 2 is 2.06 bits per heavy atom. The van der Waals surface area contributed by atoms with Crippen LogP contribution in [0.2, 0.25) is 0 Å². The Labute approximate surface area is 102 Å².